The Morgan fingerprint density at radius 1 is 1.15 bits per heavy atom. The van der Waals surface area contributed by atoms with Gasteiger partial charge in [-0.25, -0.2) is 9.79 Å². The Morgan fingerprint density at radius 2 is 1.88 bits per heavy atom. The number of carbonyl (C=O) groups is 2. The standard InChI is InChI=1S/C25H32N4O4S/c1-17-22(24(31)33-3)23(18-7-9-20(32-2)10-8-18)29-19(16-34-25(29)27-17)15-21(30)26-11-14-28-12-5-4-6-13-28/h7-10,16,23H,4-6,11-15H2,1-3H3,(H,26,30)/t23-/m0/s1. The fraction of sp³-hybridized carbons (Fsp3) is 0.480. The molecule has 182 valence electrons. The summed E-state index contributed by atoms with van der Waals surface area (Å²) in [6.07, 6.45) is 3.98. The number of benzene rings is 1. The van der Waals surface area contributed by atoms with Crippen molar-refractivity contribution in [1.82, 2.24) is 15.1 Å². The molecule has 9 heteroatoms. The van der Waals surface area contributed by atoms with Crippen molar-refractivity contribution in [3.05, 3.63) is 52.2 Å². The Balaban J connectivity index is 1.51. The maximum atomic E-state index is 12.8. The molecule has 1 aromatic rings. The third-order valence-corrected chi connectivity index (χ3v) is 7.27. The summed E-state index contributed by atoms with van der Waals surface area (Å²) in [5.41, 5.74) is 2.79. The van der Waals surface area contributed by atoms with Crippen LogP contribution in [0.4, 0.5) is 0 Å². The Morgan fingerprint density at radius 3 is 2.56 bits per heavy atom. The van der Waals surface area contributed by atoms with Gasteiger partial charge in [0.15, 0.2) is 5.17 Å². The molecule has 0 saturated carbocycles. The normalized spacial score (nSPS) is 20.4. The van der Waals surface area contributed by atoms with Crippen LogP contribution in [0.1, 0.15) is 44.2 Å². The van der Waals surface area contributed by atoms with E-state index in [0.717, 1.165) is 41.8 Å². The van der Waals surface area contributed by atoms with Gasteiger partial charge in [0.05, 0.1) is 38.0 Å². The fourth-order valence-electron chi connectivity index (χ4n) is 4.61. The number of nitrogens with one attached hydrogen (secondary N) is 1. The lowest BCUT2D eigenvalue weighted by Crippen LogP contribution is -2.39. The molecule has 1 fully saturated rings. The van der Waals surface area contributed by atoms with Crippen LogP contribution < -0.4 is 10.1 Å². The van der Waals surface area contributed by atoms with E-state index in [4.69, 9.17) is 9.47 Å². The molecule has 34 heavy (non-hydrogen) atoms. The highest BCUT2D eigenvalue weighted by atomic mass is 32.2. The topological polar surface area (TPSA) is 83.5 Å². The number of ether oxygens (including phenoxy) is 2. The van der Waals surface area contributed by atoms with Crippen molar-refractivity contribution in [2.24, 2.45) is 4.99 Å². The first-order valence-electron chi connectivity index (χ1n) is 11.7. The first-order valence-corrected chi connectivity index (χ1v) is 12.6. The number of carbonyl (C=O) groups excluding carboxylic acids is 2. The number of likely N-dealkylation sites (tertiary alicyclic amines) is 1. The van der Waals surface area contributed by atoms with E-state index in [2.05, 4.69) is 15.2 Å². The molecule has 3 aliphatic heterocycles. The number of aliphatic imine (C=N–C) groups is 1. The highest BCUT2D eigenvalue weighted by Crippen LogP contribution is 2.45. The van der Waals surface area contributed by atoms with Gasteiger partial charge in [0.1, 0.15) is 5.75 Å². The predicted octanol–water partition coefficient (Wildman–Crippen LogP) is 3.44. The molecule has 1 N–H and O–H groups in total. The maximum Gasteiger partial charge on any atom is 0.338 e. The zero-order valence-corrected chi connectivity index (χ0v) is 20.8. The molecule has 3 heterocycles. The number of allylic oxidation sites excluding steroid dienone is 1. The van der Waals surface area contributed by atoms with Crippen LogP contribution in [-0.4, -0.2) is 67.2 Å². The Kier molecular flexibility index (Phi) is 7.95. The van der Waals surface area contributed by atoms with Crippen molar-refractivity contribution in [2.45, 2.75) is 38.6 Å². The van der Waals surface area contributed by atoms with E-state index in [9.17, 15) is 9.59 Å². The van der Waals surface area contributed by atoms with Gasteiger partial charge >= 0.3 is 5.97 Å². The van der Waals surface area contributed by atoms with Gasteiger partial charge in [-0.15, -0.1) is 0 Å². The average Bonchev–Trinajstić information content (AvgIpc) is 3.25. The summed E-state index contributed by atoms with van der Waals surface area (Å²) < 4.78 is 10.4. The second-order valence-electron chi connectivity index (χ2n) is 8.59. The molecule has 0 aliphatic carbocycles. The van der Waals surface area contributed by atoms with Crippen molar-refractivity contribution in [3.8, 4) is 5.75 Å². The molecule has 1 amide bonds. The van der Waals surface area contributed by atoms with E-state index in [0.29, 0.717) is 17.8 Å². The predicted molar refractivity (Wildman–Crippen MR) is 133 cm³/mol. The van der Waals surface area contributed by atoms with Crippen LogP contribution in [0.2, 0.25) is 0 Å². The molecular weight excluding hydrogens is 452 g/mol. The molecule has 0 aromatic heterocycles. The summed E-state index contributed by atoms with van der Waals surface area (Å²) in [6.45, 7) is 5.54. The summed E-state index contributed by atoms with van der Waals surface area (Å²) in [7, 11) is 2.99. The number of hydrogen-bond donors (Lipinski definition) is 1. The number of amidine groups is 1. The first kappa shape index (κ1) is 24.3. The molecule has 1 saturated heterocycles. The van der Waals surface area contributed by atoms with Gasteiger partial charge in [0.25, 0.3) is 0 Å². The molecule has 0 radical (unpaired) electrons. The molecule has 0 spiro atoms. The van der Waals surface area contributed by atoms with Crippen molar-refractivity contribution in [3.63, 3.8) is 0 Å². The SMILES string of the molecule is COC(=O)C1=C(C)N=C2SC=C(CC(=O)NCCN3CCCCC3)N2[C@H]1c1ccc(OC)cc1. The van der Waals surface area contributed by atoms with Gasteiger partial charge in [-0.3, -0.25) is 4.79 Å². The van der Waals surface area contributed by atoms with Crippen LogP contribution in [0.3, 0.4) is 0 Å². The van der Waals surface area contributed by atoms with Gasteiger partial charge in [0, 0.05) is 18.8 Å². The Labute approximate surface area is 205 Å². The first-order chi connectivity index (χ1) is 16.5. The van der Waals surface area contributed by atoms with Gasteiger partial charge in [-0.1, -0.05) is 30.3 Å². The Hall–Kier alpha value is -2.78. The lowest BCUT2D eigenvalue weighted by molar-refractivity contribution is -0.136. The van der Waals surface area contributed by atoms with E-state index in [-0.39, 0.29) is 12.3 Å². The summed E-state index contributed by atoms with van der Waals surface area (Å²) in [5.74, 6) is 0.265. The summed E-state index contributed by atoms with van der Waals surface area (Å²) >= 11 is 1.47. The maximum absolute atomic E-state index is 12.8. The van der Waals surface area contributed by atoms with Crippen molar-refractivity contribution in [1.29, 1.82) is 0 Å². The van der Waals surface area contributed by atoms with E-state index < -0.39 is 12.0 Å². The van der Waals surface area contributed by atoms with E-state index >= 15 is 0 Å². The fourth-order valence-corrected chi connectivity index (χ4v) is 5.57. The molecule has 4 rings (SSSR count). The minimum absolute atomic E-state index is 0.0375. The third kappa shape index (κ3) is 5.31. The molecule has 3 aliphatic rings. The highest BCUT2D eigenvalue weighted by Gasteiger charge is 2.40. The van der Waals surface area contributed by atoms with Crippen LogP contribution in [-0.2, 0) is 14.3 Å². The van der Waals surface area contributed by atoms with Crippen molar-refractivity contribution in [2.75, 3.05) is 40.4 Å². The second kappa shape index (κ2) is 11.1. The van der Waals surface area contributed by atoms with Crippen molar-refractivity contribution < 1.29 is 19.1 Å². The second-order valence-corrected chi connectivity index (χ2v) is 9.42. The largest absolute Gasteiger partial charge is 0.497 e. The lowest BCUT2D eigenvalue weighted by Gasteiger charge is -2.36. The van der Waals surface area contributed by atoms with Crippen molar-refractivity contribution >= 4 is 28.8 Å². The molecule has 0 unspecified atom stereocenters. The number of methoxy groups -OCH3 is 2. The zero-order valence-electron chi connectivity index (χ0n) is 20.0. The summed E-state index contributed by atoms with van der Waals surface area (Å²) in [5, 5.41) is 5.76. The summed E-state index contributed by atoms with van der Waals surface area (Å²) in [6, 6.07) is 7.16. The van der Waals surface area contributed by atoms with Crippen LogP contribution in [0.5, 0.6) is 5.75 Å². The zero-order chi connectivity index (χ0) is 24.1. The van der Waals surface area contributed by atoms with Crippen LogP contribution in [0.25, 0.3) is 0 Å². The number of nitrogens with zero attached hydrogens (tertiary/aromatic N) is 3. The molecule has 8 nitrogen and oxygen atoms in total. The number of hydrogen-bond acceptors (Lipinski definition) is 8. The third-order valence-electron chi connectivity index (χ3n) is 6.38. The smallest absolute Gasteiger partial charge is 0.338 e. The number of thioether (sulfide) groups is 1. The quantitative estimate of drug-likeness (QED) is 0.566. The molecule has 1 aromatic carbocycles. The number of rotatable bonds is 8. The minimum Gasteiger partial charge on any atom is -0.497 e. The summed E-state index contributed by atoms with van der Waals surface area (Å²) in [4.78, 5) is 34.6. The monoisotopic (exact) mass is 484 g/mol. The van der Waals surface area contributed by atoms with Gasteiger partial charge < -0.3 is 24.6 Å². The van der Waals surface area contributed by atoms with E-state index in [1.165, 1.54) is 38.1 Å². The Bertz CT molecular complexity index is 1010. The van der Waals surface area contributed by atoms with Gasteiger partial charge in [0.2, 0.25) is 5.91 Å². The van der Waals surface area contributed by atoms with Gasteiger partial charge in [-0.05, 0) is 56.0 Å². The number of esters is 1. The number of amides is 1. The molecule has 1 atom stereocenters. The lowest BCUT2D eigenvalue weighted by atomic mass is 9.94. The van der Waals surface area contributed by atoms with E-state index in [1.807, 2.05) is 41.5 Å². The van der Waals surface area contributed by atoms with Gasteiger partial charge in [-0.2, -0.15) is 0 Å². The van der Waals surface area contributed by atoms with E-state index in [1.54, 1.807) is 7.11 Å². The number of fused-ring (bicyclic) bond motifs is 1. The van der Waals surface area contributed by atoms with Crippen LogP contribution >= 0.6 is 11.8 Å². The van der Waals surface area contributed by atoms with Crippen LogP contribution in [0.15, 0.2) is 51.6 Å². The number of piperidine rings is 1. The molecular formula is C25H32N4O4S. The molecule has 0 bridgehead atoms. The van der Waals surface area contributed by atoms with Crippen LogP contribution in [0, 0.1) is 0 Å². The average molecular weight is 485 g/mol. The highest BCUT2D eigenvalue weighted by molar-refractivity contribution is 8.16. The minimum atomic E-state index is -0.437.